The van der Waals surface area contributed by atoms with Crippen LogP contribution in [-0.2, 0) is 33.2 Å². The molecule has 0 aliphatic carbocycles. The highest BCUT2D eigenvalue weighted by Gasteiger charge is 2.58. The first-order chi connectivity index (χ1) is 11.1. The van der Waals surface area contributed by atoms with Gasteiger partial charge in [0, 0.05) is 14.2 Å². The van der Waals surface area contributed by atoms with Crippen LogP contribution in [-0.4, -0.2) is 76.9 Å². The molecule has 134 valence electrons. The number of ether oxygens (including phenoxy) is 7. The fraction of sp³-hybridized carbons (Fsp3) is 1.00. The van der Waals surface area contributed by atoms with Crippen molar-refractivity contribution in [3.05, 3.63) is 0 Å². The van der Waals surface area contributed by atoms with Crippen molar-refractivity contribution in [2.24, 2.45) is 0 Å². The topological polar surface area (TPSA) is 76.6 Å². The van der Waals surface area contributed by atoms with Gasteiger partial charge in [0.2, 0.25) is 0 Å². The van der Waals surface area contributed by atoms with E-state index in [1.165, 1.54) is 0 Å². The molecule has 0 aromatic rings. The summed E-state index contributed by atoms with van der Waals surface area (Å²) in [6.07, 6.45) is -0.349. The van der Waals surface area contributed by atoms with Crippen LogP contribution in [0.3, 0.4) is 0 Å². The largest absolute Gasteiger partial charge is 0.359 e. The zero-order chi connectivity index (χ0) is 16.4. The molecule has 3 rings (SSSR count). The normalized spacial score (nSPS) is 42.3. The van der Waals surface area contributed by atoms with Crippen molar-refractivity contribution in [1.29, 1.82) is 0 Å². The fourth-order valence-electron chi connectivity index (χ4n) is 3.50. The number of methoxy groups -OCH3 is 2. The van der Waals surface area contributed by atoms with Gasteiger partial charge in [-0.2, -0.15) is 0 Å². The Morgan fingerprint density at radius 1 is 1.04 bits per heavy atom. The second-order valence-electron chi connectivity index (χ2n) is 6.49. The van der Waals surface area contributed by atoms with Crippen LogP contribution in [0, 0.1) is 0 Å². The number of hydrogen-bond donors (Lipinski definition) is 1. The lowest BCUT2D eigenvalue weighted by molar-refractivity contribution is -0.231. The third-order valence-electron chi connectivity index (χ3n) is 4.37. The van der Waals surface area contributed by atoms with Crippen molar-refractivity contribution >= 4 is 0 Å². The SMILES string of the molecule is COCO[C@H]1[C@@H]([C@@H]2NCC[C@@H]2OCOC)O[C@@H]2OC(C)(C)O[C@@H]21. The molecule has 3 aliphatic rings. The van der Waals surface area contributed by atoms with Crippen molar-refractivity contribution in [2.75, 3.05) is 34.4 Å². The van der Waals surface area contributed by atoms with Gasteiger partial charge in [0.15, 0.2) is 12.1 Å². The molecular formula is C15H27NO7. The molecule has 3 aliphatic heterocycles. The zero-order valence-corrected chi connectivity index (χ0v) is 14.2. The smallest absolute Gasteiger partial charge is 0.190 e. The van der Waals surface area contributed by atoms with Crippen LogP contribution >= 0.6 is 0 Å². The van der Waals surface area contributed by atoms with Crippen molar-refractivity contribution < 1.29 is 33.2 Å². The number of rotatable bonds is 7. The van der Waals surface area contributed by atoms with Gasteiger partial charge in [-0.15, -0.1) is 0 Å². The number of nitrogens with one attached hydrogen (secondary N) is 1. The molecule has 0 amide bonds. The first-order valence-corrected chi connectivity index (χ1v) is 8.01. The molecule has 23 heavy (non-hydrogen) atoms. The summed E-state index contributed by atoms with van der Waals surface area (Å²) in [6.45, 7) is 5.03. The summed E-state index contributed by atoms with van der Waals surface area (Å²) in [5.41, 5.74) is 0. The monoisotopic (exact) mass is 333 g/mol. The Kier molecular flexibility index (Phi) is 5.54. The van der Waals surface area contributed by atoms with Gasteiger partial charge in [0.25, 0.3) is 0 Å². The Morgan fingerprint density at radius 3 is 2.52 bits per heavy atom. The predicted molar refractivity (Wildman–Crippen MR) is 78.6 cm³/mol. The van der Waals surface area contributed by atoms with Crippen molar-refractivity contribution in [1.82, 2.24) is 5.32 Å². The zero-order valence-electron chi connectivity index (χ0n) is 14.2. The summed E-state index contributed by atoms with van der Waals surface area (Å²) in [7, 11) is 3.21. The molecule has 3 saturated heterocycles. The van der Waals surface area contributed by atoms with E-state index < -0.39 is 12.1 Å². The molecule has 0 unspecified atom stereocenters. The fourth-order valence-corrected chi connectivity index (χ4v) is 3.50. The third kappa shape index (κ3) is 3.69. The van der Waals surface area contributed by atoms with Gasteiger partial charge >= 0.3 is 0 Å². The van der Waals surface area contributed by atoms with Gasteiger partial charge in [-0.05, 0) is 26.8 Å². The molecule has 3 fully saturated rings. The van der Waals surface area contributed by atoms with E-state index in [1.807, 2.05) is 13.8 Å². The first-order valence-electron chi connectivity index (χ1n) is 8.01. The molecule has 1 N–H and O–H groups in total. The molecule has 0 aromatic carbocycles. The van der Waals surface area contributed by atoms with Crippen molar-refractivity contribution in [2.45, 2.75) is 62.8 Å². The van der Waals surface area contributed by atoms with Crippen LogP contribution in [0.5, 0.6) is 0 Å². The highest BCUT2D eigenvalue weighted by atomic mass is 16.8. The Labute approximate surface area is 136 Å². The summed E-state index contributed by atoms with van der Waals surface area (Å²) in [5.74, 6) is -0.677. The van der Waals surface area contributed by atoms with Crippen LogP contribution in [0.4, 0.5) is 0 Å². The van der Waals surface area contributed by atoms with Gasteiger partial charge in [0.05, 0.1) is 12.1 Å². The molecule has 0 saturated carbocycles. The van der Waals surface area contributed by atoms with Crippen molar-refractivity contribution in [3.63, 3.8) is 0 Å². The minimum atomic E-state index is -0.677. The molecule has 0 aromatic heterocycles. The van der Waals surface area contributed by atoms with Gasteiger partial charge < -0.3 is 38.5 Å². The second kappa shape index (κ2) is 7.28. The van der Waals surface area contributed by atoms with E-state index in [0.29, 0.717) is 0 Å². The maximum Gasteiger partial charge on any atom is 0.190 e. The second-order valence-corrected chi connectivity index (χ2v) is 6.49. The molecule has 0 spiro atoms. The van der Waals surface area contributed by atoms with Crippen LogP contribution in [0.15, 0.2) is 0 Å². The van der Waals surface area contributed by atoms with Crippen LogP contribution in [0.1, 0.15) is 20.3 Å². The quantitative estimate of drug-likeness (QED) is 0.662. The summed E-state index contributed by atoms with van der Waals surface area (Å²) in [5, 5.41) is 3.44. The average molecular weight is 333 g/mol. The summed E-state index contributed by atoms with van der Waals surface area (Å²) < 4.78 is 39.6. The Balaban J connectivity index is 1.70. The maximum atomic E-state index is 6.11. The standard InChI is InChI=1S/C15H27NO7/c1-15(2)22-13-12(20-8-18-4)11(21-14(13)23-15)10-9(5-6-16-10)19-7-17-3/h9-14,16H,5-8H2,1-4H3/t9-,10+,11+,12-,13+,14+/m0/s1. The summed E-state index contributed by atoms with van der Waals surface area (Å²) >= 11 is 0. The minimum absolute atomic E-state index is 0.000400. The molecule has 6 atom stereocenters. The molecule has 0 bridgehead atoms. The van der Waals surface area contributed by atoms with Gasteiger partial charge in [-0.25, -0.2) is 0 Å². The Bertz CT molecular complexity index is 394. The molecule has 0 radical (unpaired) electrons. The highest BCUT2D eigenvalue weighted by Crippen LogP contribution is 2.40. The molecule has 3 heterocycles. The Hall–Kier alpha value is -0.320. The van der Waals surface area contributed by atoms with Crippen LogP contribution in [0.25, 0.3) is 0 Å². The van der Waals surface area contributed by atoms with E-state index in [4.69, 9.17) is 33.2 Å². The number of hydrogen-bond acceptors (Lipinski definition) is 8. The van der Waals surface area contributed by atoms with E-state index in [-0.39, 0.29) is 44.0 Å². The summed E-state index contributed by atoms with van der Waals surface area (Å²) in [4.78, 5) is 0. The van der Waals surface area contributed by atoms with Crippen LogP contribution in [0.2, 0.25) is 0 Å². The molecule has 8 heteroatoms. The van der Waals surface area contributed by atoms with Gasteiger partial charge in [-0.3, -0.25) is 0 Å². The predicted octanol–water partition coefficient (Wildman–Crippen LogP) is 0.203. The van der Waals surface area contributed by atoms with Gasteiger partial charge in [-0.1, -0.05) is 0 Å². The maximum absolute atomic E-state index is 6.11. The van der Waals surface area contributed by atoms with E-state index in [9.17, 15) is 0 Å². The number of fused-ring (bicyclic) bond motifs is 1. The average Bonchev–Trinajstić information content (AvgIpc) is 3.15. The highest BCUT2D eigenvalue weighted by molar-refractivity contribution is 5.03. The van der Waals surface area contributed by atoms with Gasteiger partial charge in [0.1, 0.15) is 31.9 Å². The first kappa shape index (κ1) is 17.5. The lowest BCUT2D eigenvalue weighted by Gasteiger charge is -2.31. The van der Waals surface area contributed by atoms with E-state index in [1.54, 1.807) is 14.2 Å². The molecular weight excluding hydrogens is 306 g/mol. The van der Waals surface area contributed by atoms with Crippen molar-refractivity contribution in [3.8, 4) is 0 Å². The lowest BCUT2D eigenvalue weighted by atomic mass is 10.00. The third-order valence-corrected chi connectivity index (χ3v) is 4.37. The van der Waals surface area contributed by atoms with E-state index in [0.717, 1.165) is 13.0 Å². The molecule has 8 nitrogen and oxygen atoms in total. The van der Waals surface area contributed by atoms with E-state index >= 15 is 0 Å². The summed E-state index contributed by atoms with van der Waals surface area (Å²) in [6, 6.07) is -0.00656. The lowest BCUT2D eigenvalue weighted by Crippen LogP contribution is -2.51. The van der Waals surface area contributed by atoms with Crippen LogP contribution < -0.4 is 5.32 Å². The minimum Gasteiger partial charge on any atom is -0.359 e. The Morgan fingerprint density at radius 2 is 1.78 bits per heavy atom. The van der Waals surface area contributed by atoms with E-state index in [2.05, 4.69) is 5.32 Å².